The second-order valence-corrected chi connectivity index (χ2v) is 4.75. The van der Waals surface area contributed by atoms with Crippen LogP contribution in [0.15, 0.2) is 18.2 Å². The molecule has 0 aromatic heterocycles. The molecule has 3 nitrogen and oxygen atoms in total. The molecule has 0 saturated heterocycles. The summed E-state index contributed by atoms with van der Waals surface area (Å²) in [4.78, 5) is 0. The molecule has 1 aromatic rings. The molecule has 0 amide bonds. The molecule has 0 fully saturated rings. The number of ether oxygens (including phenoxy) is 1. The van der Waals surface area contributed by atoms with Gasteiger partial charge in [0.2, 0.25) is 0 Å². The van der Waals surface area contributed by atoms with Crippen LogP contribution < -0.4 is 10.1 Å². The molecular formula is C14H21NO2. The highest BCUT2D eigenvalue weighted by molar-refractivity contribution is 5.39. The first kappa shape index (κ1) is 12.4. The minimum Gasteiger partial charge on any atom is -0.491 e. The summed E-state index contributed by atoms with van der Waals surface area (Å²) >= 11 is 0. The minimum absolute atomic E-state index is 0.350. The lowest BCUT2D eigenvalue weighted by Crippen LogP contribution is -2.21. The number of aliphatic hydroxyl groups is 1. The number of hydrogen-bond acceptors (Lipinski definition) is 3. The lowest BCUT2D eigenvalue weighted by molar-refractivity contribution is 0.122. The van der Waals surface area contributed by atoms with Gasteiger partial charge in [0.25, 0.3) is 0 Å². The number of benzene rings is 1. The monoisotopic (exact) mass is 235 g/mol. The highest BCUT2D eigenvalue weighted by Gasteiger charge is 2.19. The molecule has 0 saturated carbocycles. The van der Waals surface area contributed by atoms with Gasteiger partial charge in [0, 0.05) is 6.04 Å². The smallest absolute Gasteiger partial charge is 0.119 e. The maximum atomic E-state index is 9.21. The second-order valence-electron chi connectivity index (χ2n) is 4.75. The zero-order valence-corrected chi connectivity index (χ0v) is 10.6. The van der Waals surface area contributed by atoms with Crippen molar-refractivity contribution in [1.29, 1.82) is 0 Å². The SMILES string of the molecule is CNC1CCCc2ccc(OCC(C)O)cc21. The molecule has 3 heteroatoms. The minimum atomic E-state index is -0.425. The first-order valence-corrected chi connectivity index (χ1v) is 6.31. The quantitative estimate of drug-likeness (QED) is 0.839. The third kappa shape index (κ3) is 2.99. The van der Waals surface area contributed by atoms with Crippen LogP contribution in [0, 0.1) is 0 Å². The summed E-state index contributed by atoms with van der Waals surface area (Å²) in [5.41, 5.74) is 2.77. The van der Waals surface area contributed by atoms with Gasteiger partial charge in [-0.05, 0) is 56.5 Å². The molecule has 0 spiro atoms. The Bertz CT molecular complexity index is 376. The summed E-state index contributed by atoms with van der Waals surface area (Å²) in [5.74, 6) is 0.854. The van der Waals surface area contributed by atoms with E-state index in [9.17, 15) is 5.11 Å². The van der Waals surface area contributed by atoms with E-state index in [1.165, 1.54) is 24.0 Å². The summed E-state index contributed by atoms with van der Waals surface area (Å²) in [5, 5.41) is 12.6. The normalized spacial score (nSPS) is 20.8. The molecule has 94 valence electrons. The number of fused-ring (bicyclic) bond motifs is 1. The van der Waals surface area contributed by atoms with Gasteiger partial charge in [-0.15, -0.1) is 0 Å². The number of hydrogen-bond donors (Lipinski definition) is 2. The average Bonchev–Trinajstić information content (AvgIpc) is 2.35. The fraction of sp³-hybridized carbons (Fsp3) is 0.571. The maximum absolute atomic E-state index is 9.21. The topological polar surface area (TPSA) is 41.5 Å². The third-order valence-electron chi connectivity index (χ3n) is 3.27. The fourth-order valence-electron chi connectivity index (χ4n) is 2.38. The Morgan fingerprint density at radius 1 is 1.53 bits per heavy atom. The molecule has 0 bridgehead atoms. The van der Waals surface area contributed by atoms with Crippen molar-refractivity contribution in [2.45, 2.75) is 38.3 Å². The second kappa shape index (κ2) is 5.52. The zero-order valence-electron chi connectivity index (χ0n) is 10.6. The fourth-order valence-corrected chi connectivity index (χ4v) is 2.38. The summed E-state index contributed by atoms with van der Waals surface area (Å²) in [6.07, 6.45) is 3.16. The maximum Gasteiger partial charge on any atom is 0.119 e. The first-order chi connectivity index (χ1) is 8.20. The van der Waals surface area contributed by atoms with Crippen molar-refractivity contribution in [2.24, 2.45) is 0 Å². The van der Waals surface area contributed by atoms with Gasteiger partial charge in [-0.3, -0.25) is 0 Å². The van der Waals surface area contributed by atoms with Crippen LogP contribution in [0.4, 0.5) is 0 Å². The van der Waals surface area contributed by atoms with Gasteiger partial charge in [-0.25, -0.2) is 0 Å². The molecular weight excluding hydrogens is 214 g/mol. The Hall–Kier alpha value is -1.06. The summed E-state index contributed by atoms with van der Waals surface area (Å²) in [6.45, 7) is 2.08. The van der Waals surface area contributed by atoms with Crippen molar-refractivity contribution in [2.75, 3.05) is 13.7 Å². The van der Waals surface area contributed by atoms with Crippen LogP contribution in [0.5, 0.6) is 5.75 Å². The van der Waals surface area contributed by atoms with Crippen LogP contribution in [0.3, 0.4) is 0 Å². The van der Waals surface area contributed by atoms with Gasteiger partial charge in [-0.1, -0.05) is 6.07 Å². The predicted octanol–water partition coefficient (Wildman–Crippen LogP) is 2.04. The van der Waals surface area contributed by atoms with E-state index in [2.05, 4.69) is 17.4 Å². The number of nitrogens with one attached hydrogen (secondary N) is 1. The van der Waals surface area contributed by atoms with Gasteiger partial charge in [-0.2, -0.15) is 0 Å². The molecule has 2 N–H and O–H groups in total. The van der Waals surface area contributed by atoms with Crippen molar-refractivity contribution < 1.29 is 9.84 Å². The van der Waals surface area contributed by atoms with Crippen molar-refractivity contribution in [3.63, 3.8) is 0 Å². The van der Waals surface area contributed by atoms with Gasteiger partial charge >= 0.3 is 0 Å². The van der Waals surface area contributed by atoms with Crippen LogP contribution in [0.25, 0.3) is 0 Å². The molecule has 2 rings (SSSR count). The zero-order chi connectivity index (χ0) is 12.3. The highest BCUT2D eigenvalue weighted by atomic mass is 16.5. The standard InChI is InChI=1S/C14H21NO2/c1-10(16)9-17-12-7-6-11-4-3-5-14(15-2)13(11)8-12/h6-8,10,14-16H,3-5,9H2,1-2H3. The summed E-state index contributed by atoms with van der Waals surface area (Å²) < 4.78 is 5.55. The molecule has 1 aliphatic rings. The van der Waals surface area contributed by atoms with Crippen LogP contribution in [0.1, 0.15) is 36.9 Å². The van der Waals surface area contributed by atoms with Crippen molar-refractivity contribution in [1.82, 2.24) is 5.32 Å². The van der Waals surface area contributed by atoms with E-state index in [0.29, 0.717) is 12.6 Å². The Morgan fingerprint density at radius 3 is 3.06 bits per heavy atom. The van der Waals surface area contributed by atoms with E-state index >= 15 is 0 Å². The molecule has 0 radical (unpaired) electrons. The Morgan fingerprint density at radius 2 is 2.35 bits per heavy atom. The van der Waals surface area contributed by atoms with E-state index in [4.69, 9.17) is 4.74 Å². The van der Waals surface area contributed by atoms with Crippen LogP contribution in [-0.2, 0) is 6.42 Å². The third-order valence-corrected chi connectivity index (χ3v) is 3.27. The average molecular weight is 235 g/mol. The Kier molecular flexibility index (Phi) is 4.02. The van der Waals surface area contributed by atoms with Gasteiger partial charge in [0.1, 0.15) is 12.4 Å². The van der Waals surface area contributed by atoms with Crippen molar-refractivity contribution in [3.05, 3.63) is 29.3 Å². The molecule has 0 heterocycles. The van der Waals surface area contributed by atoms with E-state index in [0.717, 1.165) is 12.2 Å². The van der Waals surface area contributed by atoms with E-state index in [1.54, 1.807) is 6.92 Å². The number of aliphatic hydroxyl groups excluding tert-OH is 1. The van der Waals surface area contributed by atoms with Crippen molar-refractivity contribution in [3.8, 4) is 5.75 Å². The van der Waals surface area contributed by atoms with Gasteiger partial charge < -0.3 is 15.2 Å². The lowest BCUT2D eigenvalue weighted by Gasteiger charge is -2.25. The number of rotatable bonds is 4. The molecule has 2 atom stereocenters. The molecule has 17 heavy (non-hydrogen) atoms. The summed E-state index contributed by atoms with van der Waals surface area (Å²) in [7, 11) is 2.00. The van der Waals surface area contributed by atoms with Crippen LogP contribution >= 0.6 is 0 Å². The molecule has 1 aromatic carbocycles. The Labute approximate surface area is 103 Å². The van der Waals surface area contributed by atoms with Gasteiger partial charge in [0.05, 0.1) is 6.10 Å². The van der Waals surface area contributed by atoms with E-state index < -0.39 is 6.10 Å². The molecule has 0 aliphatic heterocycles. The van der Waals surface area contributed by atoms with Gasteiger partial charge in [0.15, 0.2) is 0 Å². The number of aryl methyl sites for hydroxylation is 1. The van der Waals surface area contributed by atoms with E-state index in [-0.39, 0.29) is 0 Å². The molecule has 2 unspecified atom stereocenters. The molecule has 1 aliphatic carbocycles. The largest absolute Gasteiger partial charge is 0.491 e. The van der Waals surface area contributed by atoms with Crippen LogP contribution in [-0.4, -0.2) is 24.9 Å². The lowest BCUT2D eigenvalue weighted by atomic mass is 9.87. The first-order valence-electron chi connectivity index (χ1n) is 6.31. The van der Waals surface area contributed by atoms with Crippen LogP contribution in [0.2, 0.25) is 0 Å². The Balaban J connectivity index is 2.16. The highest BCUT2D eigenvalue weighted by Crippen LogP contribution is 2.32. The summed E-state index contributed by atoms with van der Waals surface area (Å²) in [6, 6.07) is 6.70. The van der Waals surface area contributed by atoms with Crippen molar-refractivity contribution >= 4 is 0 Å². The predicted molar refractivity (Wildman–Crippen MR) is 68.4 cm³/mol. The van der Waals surface area contributed by atoms with E-state index in [1.807, 2.05) is 13.1 Å².